The molecule has 9 heteroatoms. The Balaban J connectivity index is 1.54. The number of halogens is 1. The van der Waals surface area contributed by atoms with Gasteiger partial charge in [0.1, 0.15) is 5.75 Å². The summed E-state index contributed by atoms with van der Waals surface area (Å²) in [5.74, 6) is 1.29. The summed E-state index contributed by atoms with van der Waals surface area (Å²) < 4.78 is 6.99. The van der Waals surface area contributed by atoms with Crippen LogP contribution in [0.2, 0.25) is 5.02 Å². The van der Waals surface area contributed by atoms with Crippen LogP contribution in [-0.4, -0.2) is 32.8 Å². The normalized spacial score (nSPS) is 10.4. The van der Waals surface area contributed by atoms with Gasteiger partial charge in [0.05, 0.1) is 18.8 Å². The molecule has 0 spiro atoms. The molecule has 3 rings (SSSR count). The van der Waals surface area contributed by atoms with Crippen LogP contribution >= 0.6 is 11.6 Å². The topological polar surface area (TPSA) is 94.0 Å². The van der Waals surface area contributed by atoms with E-state index in [2.05, 4.69) is 26.2 Å². The van der Waals surface area contributed by atoms with Crippen LogP contribution in [0, 0.1) is 0 Å². The van der Waals surface area contributed by atoms with Crippen LogP contribution in [0.3, 0.4) is 0 Å². The van der Waals surface area contributed by atoms with Gasteiger partial charge < -0.3 is 15.4 Å². The van der Waals surface area contributed by atoms with Gasteiger partial charge in [-0.1, -0.05) is 23.7 Å². The van der Waals surface area contributed by atoms with Gasteiger partial charge in [0.25, 0.3) is 0 Å². The smallest absolute Gasteiger partial charge is 0.315 e. The number of carbonyl (C=O) groups excluding carboxylic acids is 1. The van der Waals surface area contributed by atoms with Gasteiger partial charge in [-0.05, 0) is 59.3 Å². The van der Waals surface area contributed by atoms with Crippen LogP contribution in [0.1, 0.15) is 18.3 Å². The summed E-state index contributed by atoms with van der Waals surface area (Å²) in [5, 5.41) is 17.8. The van der Waals surface area contributed by atoms with E-state index in [0.29, 0.717) is 24.0 Å². The van der Waals surface area contributed by atoms with E-state index in [1.807, 2.05) is 43.3 Å². The van der Waals surface area contributed by atoms with E-state index in [9.17, 15) is 4.79 Å². The molecule has 0 bridgehead atoms. The largest absolute Gasteiger partial charge is 0.494 e. The number of amides is 2. The molecule has 2 amide bonds. The number of hydrogen-bond acceptors (Lipinski definition) is 5. The molecule has 0 aliphatic carbocycles. The van der Waals surface area contributed by atoms with Crippen LogP contribution in [0.25, 0.3) is 5.69 Å². The van der Waals surface area contributed by atoms with Gasteiger partial charge in [0.15, 0.2) is 5.82 Å². The Bertz CT molecular complexity index is 880. The Morgan fingerprint density at radius 1 is 1.07 bits per heavy atom. The summed E-state index contributed by atoms with van der Waals surface area (Å²) >= 11 is 5.84. The molecule has 1 aromatic heterocycles. The van der Waals surface area contributed by atoms with E-state index < -0.39 is 0 Å². The number of aromatic nitrogens is 4. The maximum absolute atomic E-state index is 12.0. The highest BCUT2D eigenvalue weighted by molar-refractivity contribution is 6.30. The predicted octanol–water partition coefficient (Wildman–Crippen LogP) is 2.71. The highest BCUT2D eigenvalue weighted by atomic mass is 35.5. The van der Waals surface area contributed by atoms with E-state index in [-0.39, 0.29) is 12.6 Å². The average molecular weight is 387 g/mol. The first kappa shape index (κ1) is 18.7. The molecule has 3 aromatic rings. The number of tetrazole rings is 1. The molecule has 0 saturated heterocycles. The van der Waals surface area contributed by atoms with Crippen molar-refractivity contribution in [1.82, 2.24) is 30.8 Å². The van der Waals surface area contributed by atoms with Crippen molar-refractivity contribution >= 4 is 17.6 Å². The minimum Gasteiger partial charge on any atom is -0.494 e. The van der Waals surface area contributed by atoms with Gasteiger partial charge in [0, 0.05) is 11.6 Å². The molecule has 1 heterocycles. The molecule has 140 valence electrons. The lowest BCUT2D eigenvalue weighted by Gasteiger charge is -2.09. The Morgan fingerprint density at radius 3 is 2.48 bits per heavy atom. The lowest BCUT2D eigenvalue weighted by Crippen LogP contribution is -2.35. The quantitative estimate of drug-likeness (QED) is 0.651. The fraction of sp³-hybridized carbons (Fsp3) is 0.222. The number of hydrogen-bond donors (Lipinski definition) is 2. The zero-order chi connectivity index (χ0) is 19.1. The number of nitrogens with zero attached hydrogens (tertiary/aromatic N) is 4. The maximum Gasteiger partial charge on any atom is 0.315 e. The van der Waals surface area contributed by atoms with Gasteiger partial charge in [-0.2, -0.15) is 4.68 Å². The molecule has 8 nitrogen and oxygen atoms in total. The van der Waals surface area contributed by atoms with E-state index in [1.165, 1.54) is 0 Å². The van der Waals surface area contributed by atoms with Crippen molar-refractivity contribution in [3.05, 3.63) is 64.9 Å². The molecule has 0 radical (unpaired) electrons. The molecular formula is C18H19ClN6O2. The minimum absolute atomic E-state index is 0.187. The van der Waals surface area contributed by atoms with Crippen LogP contribution in [0.5, 0.6) is 5.75 Å². The van der Waals surface area contributed by atoms with Gasteiger partial charge in [0.2, 0.25) is 0 Å². The second kappa shape index (κ2) is 9.00. The monoisotopic (exact) mass is 386 g/mol. The van der Waals surface area contributed by atoms with Gasteiger partial charge in [-0.25, -0.2) is 4.79 Å². The molecular weight excluding hydrogens is 368 g/mol. The Kier molecular flexibility index (Phi) is 6.22. The summed E-state index contributed by atoms with van der Waals surface area (Å²) in [6.45, 7) is 3.11. The number of carbonyl (C=O) groups is 1. The fourth-order valence-electron chi connectivity index (χ4n) is 2.37. The number of nitrogens with one attached hydrogen (secondary N) is 2. The van der Waals surface area contributed by atoms with Crippen molar-refractivity contribution in [2.75, 3.05) is 6.61 Å². The summed E-state index contributed by atoms with van der Waals surface area (Å²) in [6, 6.07) is 14.4. The summed E-state index contributed by atoms with van der Waals surface area (Å²) in [5.41, 5.74) is 1.73. The summed E-state index contributed by atoms with van der Waals surface area (Å²) in [7, 11) is 0. The first-order valence-corrected chi connectivity index (χ1v) is 8.80. The average Bonchev–Trinajstić information content (AvgIpc) is 3.15. The number of urea groups is 1. The lowest BCUT2D eigenvalue weighted by atomic mass is 10.2. The Morgan fingerprint density at radius 2 is 1.78 bits per heavy atom. The number of benzene rings is 2. The second-order valence-electron chi connectivity index (χ2n) is 5.60. The molecule has 2 N–H and O–H groups in total. The molecule has 0 fully saturated rings. The van der Waals surface area contributed by atoms with Crippen LogP contribution in [0.4, 0.5) is 4.79 Å². The third kappa shape index (κ3) is 5.18. The zero-order valence-corrected chi connectivity index (χ0v) is 15.5. The van der Waals surface area contributed by atoms with Crippen molar-refractivity contribution in [1.29, 1.82) is 0 Å². The molecule has 0 unspecified atom stereocenters. The minimum atomic E-state index is -0.314. The predicted molar refractivity (Wildman–Crippen MR) is 101 cm³/mol. The van der Waals surface area contributed by atoms with Crippen LogP contribution in [-0.2, 0) is 13.1 Å². The van der Waals surface area contributed by atoms with Crippen LogP contribution < -0.4 is 15.4 Å². The molecule has 0 aliphatic heterocycles. The number of rotatable bonds is 7. The summed E-state index contributed by atoms with van der Waals surface area (Å²) in [6.07, 6.45) is 0. The molecule has 0 atom stereocenters. The van der Waals surface area contributed by atoms with Crippen molar-refractivity contribution in [2.24, 2.45) is 0 Å². The number of ether oxygens (including phenoxy) is 1. The SMILES string of the molecule is CCOc1ccc(-n2nnnc2CNC(=O)NCc2ccc(Cl)cc2)cc1. The summed E-state index contributed by atoms with van der Waals surface area (Å²) in [4.78, 5) is 12.0. The highest BCUT2D eigenvalue weighted by Crippen LogP contribution is 2.15. The van der Waals surface area contributed by atoms with E-state index in [0.717, 1.165) is 17.0 Å². The second-order valence-corrected chi connectivity index (χ2v) is 6.03. The van der Waals surface area contributed by atoms with Crippen molar-refractivity contribution in [2.45, 2.75) is 20.0 Å². The van der Waals surface area contributed by atoms with Crippen LogP contribution in [0.15, 0.2) is 48.5 Å². The standard InChI is InChI=1S/C18H19ClN6O2/c1-2-27-16-9-7-15(8-10-16)25-17(22-23-24-25)12-21-18(26)20-11-13-3-5-14(19)6-4-13/h3-10H,2,11-12H2,1H3,(H2,20,21,26). The van der Waals surface area contributed by atoms with E-state index in [1.54, 1.807) is 16.8 Å². The zero-order valence-electron chi connectivity index (χ0n) is 14.7. The van der Waals surface area contributed by atoms with Crippen molar-refractivity contribution in [3.63, 3.8) is 0 Å². The van der Waals surface area contributed by atoms with Gasteiger partial charge >= 0.3 is 6.03 Å². The molecule has 2 aromatic carbocycles. The maximum atomic E-state index is 12.0. The molecule has 27 heavy (non-hydrogen) atoms. The molecule has 0 aliphatic rings. The first-order valence-electron chi connectivity index (χ1n) is 8.42. The van der Waals surface area contributed by atoms with E-state index >= 15 is 0 Å². The fourth-order valence-corrected chi connectivity index (χ4v) is 2.50. The molecule has 0 saturated carbocycles. The Labute approximate surface area is 161 Å². The third-order valence-electron chi connectivity index (χ3n) is 3.70. The van der Waals surface area contributed by atoms with E-state index in [4.69, 9.17) is 16.3 Å². The van der Waals surface area contributed by atoms with Gasteiger partial charge in [-0.3, -0.25) is 0 Å². The Hall–Kier alpha value is -3.13. The first-order chi connectivity index (χ1) is 13.2. The lowest BCUT2D eigenvalue weighted by molar-refractivity contribution is 0.240. The van der Waals surface area contributed by atoms with Crippen molar-refractivity contribution in [3.8, 4) is 11.4 Å². The van der Waals surface area contributed by atoms with Crippen molar-refractivity contribution < 1.29 is 9.53 Å². The van der Waals surface area contributed by atoms with Gasteiger partial charge in [-0.15, -0.1) is 5.10 Å². The highest BCUT2D eigenvalue weighted by Gasteiger charge is 2.10. The third-order valence-corrected chi connectivity index (χ3v) is 3.95.